The molecule has 0 bridgehead atoms. The van der Waals surface area contributed by atoms with Gasteiger partial charge in [0.2, 0.25) is 0 Å². The maximum Gasteiger partial charge on any atom is 0.333 e. The van der Waals surface area contributed by atoms with Gasteiger partial charge >= 0.3 is 11.9 Å². The van der Waals surface area contributed by atoms with E-state index in [2.05, 4.69) is 6.58 Å². The molecule has 0 aromatic heterocycles. The molecule has 0 spiro atoms. The van der Waals surface area contributed by atoms with Gasteiger partial charge in [0.25, 0.3) is 0 Å². The fraction of sp³-hybridized carbons (Fsp3) is 0.304. The number of hydrogen-bond acceptors (Lipinski definition) is 5. The van der Waals surface area contributed by atoms with Crippen molar-refractivity contribution in [1.29, 1.82) is 0 Å². The first kappa shape index (κ1) is 22.1. The monoisotopic (exact) mass is 400 g/mol. The van der Waals surface area contributed by atoms with Crippen molar-refractivity contribution in [3.8, 4) is 5.75 Å². The van der Waals surface area contributed by atoms with Crippen LogP contribution in [0.1, 0.15) is 30.0 Å². The third-order valence-electron chi connectivity index (χ3n) is 4.28. The maximum atomic E-state index is 14.2. The number of benzene rings is 2. The third-order valence-corrected chi connectivity index (χ3v) is 4.28. The van der Waals surface area contributed by atoms with Crippen LogP contribution in [0.25, 0.3) is 0 Å². The maximum absolute atomic E-state index is 14.2. The van der Waals surface area contributed by atoms with Gasteiger partial charge in [0, 0.05) is 24.8 Å². The number of aromatic hydroxyl groups is 1. The van der Waals surface area contributed by atoms with Crippen molar-refractivity contribution in [3.05, 3.63) is 77.1 Å². The number of rotatable bonds is 10. The second-order valence-electron chi connectivity index (χ2n) is 6.73. The molecule has 0 radical (unpaired) electrons. The van der Waals surface area contributed by atoms with Gasteiger partial charge in [-0.25, -0.2) is 9.18 Å². The van der Waals surface area contributed by atoms with E-state index >= 15 is 0 Å². The second-order valence-corrected chi connectivity index (χ2v) is 6.73. The summed E-state index contributed by atoms with van der Waals surface area (Å²) in [4.78, 5) is 23.1. The predicted molar refractivity (Wildman–Crippen MR) is 107 cm³/mol. The largest absolute Gasteiger partial charge is 0.508 e. The lowest BCUT2D eigenvalue weighted by Crippen LogP contribution is -2.10. The average molecular weight is 400 g/mol. The Kier molecular flexibility index (Phi) is 8.40. The van der Waals surface area contributed by atoms with Crippen LogP contribution in [0.4, 0.5) is 4.39 Å². The van der Waals surface area contributed by atoms with E-state index in [0.717, 1.165) is 11.1 Å². The normalized spacial score (nSPS) is 10.4. The number of carbonyl (C=O) groups excluding carboxylic acids is 2. The topological polar surface area (TPSA) is 72.8 Å². The molecule has 2 rings (SSSR count). The molecular weight excluding hydrogens is 375 g/mol. The molecule has 0 aliphatic heterocycles. The lowest BCUT2D eigenvalue weighted by molar-refractivity contribution is -0.143. The standard InChI is InChI=1S/C23H25FO5/c1-16(2)23(27)29-14-12-19-7-3-18(15-21(19)24)11-13-28-22(26)10-6-17-4-8-20(25)9-5-17/h3-5,7-9,15,25H,1,6,10-14H2,2H3. The Morgan fingerprint density at radius 3 is 2.28 bits per heavy atom. The molecule has 0 amide bonds. The summed E-state index contributed by atoms with van der Waals surface area (Å²) in [6.45, 7) is 5.29. The summed E-state index contributed by atoms with van der Waals surface area (Å²) < 4.78 is 24.3. The van der Waals surface area contributed by atoms with Crippen molar-refractivity contribution in [1.82, 2.24) is 0 Å². The van der Waals surface area contributed by atoms with Crippen LogP contribution in [0.2, 0.25) is 0 Å². The summed E-state index contributed by atoms with van der Waals surface area (Å²) in [5.74, 6) is -1.02. The number of halogens is 1. The van der Waals surface area contributed by atoms with Crippen molar-refractivity contribution < 1.29 is 28.6 Å². The van der Waals surface area contributed by atoms with Crippen molar-refractivity contribution in [2.24, 2.45) is 0 Å². The zero-order valence-corrected chi connectivity index (χ0v) is 16.4. The van der Waals surface area contributed by atoms with E-state index in [4.69, 9.17) is 9.47 Å². The van der Waals surface area contributed by atoms with Crippen LogP contribution in [0, 0.1) is 5.82 Å². The molecule has 1 N–H and O–H groups in total. The lowest BCUT2D eigenvalue weighted by Gasteiger charge is -2.08. The number of phenols is 1. The minimum absolute atomic E-state index is 0.0839. The highest BCUT2D eigenvalue weighted by molar-refractivity contribution is 5.86. The first-order valence-corrected chi connectivity index (χ1v) is 9.38. The SMILES string of the molecule is C=C(C)C(=O)OCCc1ccc(CCOC(=O)CCc2ccc(O)cc2)cc1F. The average Bonchev–Trinajstić information content (AvgIpc) is 2.69. The van der Waals surface area contributed by atoms with Gasteiger partial charge in [-0.2, -0.15) is 0 Å². The molecule has 6 heteroatoms. The zero-order valence-electron chi connectivity index (χ0n) is 16.4. The molecule has 5 nitrogen and oxygen atoms in total. The third kappa shape index (κ3) is 7.78. The van der Waals surface area contributed by atoms with Crippen molar-refractivity contribution in [2.45, 2.75) is 32.6 Å². The Bertz CT molecular complexity index is 858. The van der Waals surface area contributed by atoms with Crippen LogP contribution in [-0.2, 0) is 38.3 Å². The summed E-state index contributed by atoms with van der Waals surface area (Å²) in [5.41, 5.74) is 2.41. The van der Waals surface area contributed by atoms with Crippen LogP contribution in [0.15, 0.2) is 54.6 Å². The number of hydrogen-bond donors (Lipinski definition) is 1. The molecule has 0 saturated carbocycles. The van der Waals surface area contributed by atoms with Crippen LogP contribution < -0.4 is 0 Å². The summed E-state index contributed by atoms with van der Waals surface area (Å²) >= 11 is 0. The Morgan fingerprint density at radius 2 is 1.62 bits per heavy atom. The smallest absolute Gasteiger partial charge is 0.333 e. The van der Waals surface area contributed by atoms with Gasteiger partial charge < -0.3 is 14.6 Å². The molecule has 0 fully saturated rings. The van der Waals surface area contributed by atoms with E-state index in [-0.39, 0.29) is 43.6 Å². The Balaban J connectivity index is 1.71. The molecule has 0 unspecified atom stereocenters. The predicted octanol–water partition coefficient (Wildman–Crippen LogP) is 3.91. The van der Waals surface area contributed by atoms with Crippen molar-refractivity contribution in [2.75, 3.05) is 13.2 Å². The highest BCUT2D eigenvalue weighted by Crippen LogP contribution is 2.13. The molecule has 0 aliphatic rings. The minimum atomic E-state index is -0.491. The number of phenolic OH excluding ortho intramolecular Hbond substituents is 1. The van der Waals surface area contributed by atoms with E-state index in [1.807, 2.05) is 0 Å². The molecule has 0 aliphatic carbocycles. The highest BCUT2D eigenvalue weighted by Gasteiger charge is 2.08. The molecule has 0 heterocycles. The van der Waals surface area contributed by atoms with E-state index in [1.165, 1.54) is 6.07 Å². The minimum Gasteiger partial charge on any atom is -0.508 e. The van der Waals surface area contributed by atoms with E-state index in [9.17, 15) is 19.1 Å². The van der Waals surface area contributed by atoms with Gasteiger partial charge in [-0.05, 0) is 48.2 Å². The highest BCUT2D eigenvalue weighted by atomic mass is 19.1. The van der Waals surface area contributed by atoms with Gasteiger partial charge in [-0.1, -0.05) is 30.8 Å². The number of aryl methyl sites for hydroxylation is 1. The van der Waals surface area contributed by atoms with Gasteiger partial charge in [0.15, 0.2) is 0 Å². The van der Waals surface area contributed by atoms with Gasteiger partial charge in [0.1, 0.15) is 11.6 Å². The van der Waals surface area contributed by atoms with E-state index in [0.29, 0.717) is 24.0 Å². The zero-order chi connectivity index (χ0) is 21.2. The first-order chi connectivity index (χ1) is 13.8. The summed E-state index contributed by atoms with van der Waals surface area (Å²) in [5, 5.41) is 9.24. The van der Waals surface area contributed by atoms with Crippen LogP contribution in [0.5, 0.6) is 5.75 Å². The number of ether oxygens (including phenoxy) is 2. The fourth-order valence-corrected chi connectivity index (χ4v) is 2.59. The second kappa shape index (κ2) is 11.0. The first-order valence-electron chi connectivity index (χ1n) is 9.38. The van der Waals surface area contributed by atoms with Gasteiger partial charge in [0.05, 0.1) is 13.2 Å². The number of carbonyl (C=O) groups is 2. The van der Waals surface area contributed by atoms with Crippen LogP contribution in [0.3, 0.4) is 0 Å². The summed E-state index contributed by atoms with van der Waals surface area (Å²) in [6, 6.07) is 11.5. The molecule has 0 saturated heterocycles. The molecule has 2 aromatic carbocycles. The van der Waals surface area contributed by atoms with Crippen LogP contribution in [-0.4, -0.2) is 30.3 Å². The van der Waals surface area contributed by atoms with Crippen LogP contribution >= 0.6 is 0 Å². The Hall–Kier alpha value is -3.15. The van der Waals surface area contributed by atoms with Crippen molar-refractivity contribution in [3.63, 3.8) is 0 Å². The number of esters is 2. The fourth-order valence-electron chi connectivity index (χ4n) is 2.59. The van der Waals surface area contributed by atoms with Gasteiger partial charge in [-0.3, -0.25) is 4.79 Å². The van der Waals surface area contributed by atoms with Crippen molar-refractivity contribution >= 4 is 11.9 Å². The molecular formula is C23H25FO5. The quantitative estimate of drug-likeness (QED) is 0.484. The summed E-state index contributed by atoms with van der Waals surface area (Å²) in [7, 11) is 0. The Labute approximate surface area is 169 Å². The Morgan fingerprint density at radius 1 is 0.966 bits per heavy atom. The molecule has 29 heavy (non-hydrogen) atoms. The molecule has 0 atom stereocenters. The summed E-state index contributed by atoms with van der Waals surface area (Å²) in [6.07, 6.45) is 1.45. The lowest BCUT2D eigenvalue weighted by atomic mass is 10.1. The van der Waals surface area contributed by atoms with E-state index < -0.39 is 5.97 Å². The molecule has 2 aromatic rings. The van der Waals surface area contributed by atoms with Gasteiger partial charge in [-0.15, -0.1) is 0 Å². The molecule has 154 valence electrons. The van der Waals surface area contributed by atoms with E-state index in [1.54, 1.807) is 43.3 Å².